The fourth-order valence-corrected chi connectivity index (χ4v) is 2.82. The molecular weight excluding hydrogens is 360 g/mol. The van der Waals surface area contributed by atoms with E-state index in [-0.39, 0.29) is 18.4 Å². The molecule has 150 valence electrons. The second-order valence-electron chi connectivity index (χ2n) is 6.17. The van der Waals surface area contributed by atoms with Gasteiger partial charge in [-0.15, -0.1) is 0 Å². The summed E-state index contributed by atoms with van der Waals surface area (Å²) in [4.78, 5) is 26.2. The minimum atomic E-state index is -0.263. The standard InChI is InChI=1S/C21H26N2O5/c1-14-6-8-18(26-3)17(12-14)23(15(2)24)11-10-22-21(25)16-7-9-19(27-4)20(13-16)28-5/h6-9,12-13H,10-11H2,1-5H3,(H,22,25). The highest BCUT2D eigenvalue weighted by Crippen LogP contribution is 2.29. The normalized spacial score (nSPS) is 10.2. The van der Waals surface area contributed by atoms with Crippen LogP contribution in [0.4, 0.5) is 5.69 Å². The lowest BCUT2D eigenvalue weighted by Crippen LogP contribution is -2.37. The summed E-state index contributed by atoms with van der Waals surface area (Å²) in [5.74, 6) is 1.23. The molecule has 0 spiro atoms. The lowest BCUT2D eigenvalue weighted by atomic mass is 10.1. The van der Waals surface area contributed by atoms with Crippen molar-refractivity contribution < 1.29 is 23.8 Å². The van der Waals surface area contributed by atoms with Crippen LogP contribution in [0.25, 0.3) is 0 Å². The average molecular weight is 386 g/mol. The molecule has 7 nitrogen and oxygen atoms in total. The fourth-order valence-electron chi connectivity index (χ4n) is 2.82. The topological polar surface area (TPSA) is 77.1 Å². The molecule has 0 aliphatic carbocycles. The number of amides is 2. The minimum Gasteiger partial charge on any atom is -0.495 e. The van der Waals surface area contributed by atoms with Crippen LogP contribution < -0.4 is 24.4 Å². The van der Waals surface area contributed by atoms with Crippen LogP contribution in [0.15, 0.2) is 36.4 Å². The molecule has 28 heavy (non-hydrogen) atoms. The van der Waals surface area contributed by atoms with Gasteiger partial charge in [-0.2, -0.15) is 0 Å². The van der Waals surface area contributed by atoms with E-state index in [0.717, 1.165) is 5.56 Å². The summed E-state index contributed by atoms with van der Waals surface area (Å²) < 4.78 is 15.8. The Balaban J connectivity index is 2.08. The second-order valence-corrected chi connectivity index (χ2v) is 6.17. The molecular formula is C21H26N2O5. The molecule has 2 aromatic carbocycles. The van der Waals surface area contributed by atoms with Crippen LogP contribution in [0.2, 0.25) is 0 Å². The van der Waals surface area contributed by atoms with Gasteiger partial charge in [-0.05, 0) is 42.8 Å². The quantitative estimate of drug-likeness (QED) is 0.755. The summed E-state index contributed by atoms with van der Waals surface area (Å²) in [7, 11) is 4.61. The molecule has 0 radical (unpaired) electrons. The Hall–Kier alpha value is -3.22. The number of ether oxygens (including phenoxy) is 3. The number of nitrogens with one attached hydrogen (secondary N) is 1. The number of anilines is 1. The lowest BCUT2D eigenvalue weighted by Gasteiger charge is -2.24. The first-order chi connectivity index (χ1) is 13.4. The summed E-state index contributed by atoms with van der Waals surface area (Å²) in [6.45, 7) is 4.02. The first-order valence-corrected chi connectivity index (χ1v) is 8.84. The molecule has 2 amide bonds. The van der Waals surface area contributed by atoms with E-state index in [0.29, 0.717) is 35.0 Å². The zero-order chi connectivity index (χ0) is 20.7. The monoisotopic (exact) mass is 386 g/mol. The van der Waals surface area contributed by atoms with Gasteiger partial charge in [0.25, 0.3) is 5.91 Å². The van der Waals surface area contributed by atoms with Gasteiger partial charge in [-0.1, -0.05) is 6.07 Å². The first-order valence-electron chi connectivity index (χ1n) is 8.84. The first kappa shape index (κ1) is 21.1. The number of hydrogen-bond donors (Lipinski definition) is 1. The van der Waals surface area contributed by atoms with Crippen LogP contribution in [0, 0.1) is 6.92 Å². The number of benzene rings is 2. The fraction of sp³-hybridized carbons (Fsp3) is 0.333. The molecule has 0 saturated carbocycles. The molecule has 2 rings (SSSR count). The second kappa shape index (κ2) is 9.64. The highest BCUT2D eigenvalue weighted by Gasteiger charge is 2.17. The van der Waals surface area contributed by atoms with Crippen molar-refractivity contribution in [3.05, 3.63) is 47.5 Å². The van der Waals surface area contributed by atoms with Crippen LogP contribution >= 0.6 is 0 Å². The van der Waals surface area contributed by atoms with Gasteiger partial charge in [0.05, 0.1) is 27.0 Å². The van der Waals surface area contributed by atoms with Gasteiger partial charge in [0.15, 0.2) is 11.5 Å². The van der Waals surface area contributed by atoms with Crippen molar-refractivity contribution in [2.45, 2.75) is 13.8 Å². The summed E-state index contributed by atoms with van der Waals surface area (Å²) in [5.41, 5.74) is 2.13. The molecule has 0 bridgehead atoms. The van der Waals surface area contributed by atoms with Crippen LogP contribution in [0.3, 0.4) is 0 Å². The van der Waals surface area contributed by atoms with E-state index in [1.165, 1.54) is 21.1 Å². The van der Waals surface area contributed by atoms with Gasteiger partial charge in [0, 0.05) is 25.6 Å². The number of nitrogens with zero attached hydrogens (tertiary/aromatic N) is 1. The van der Waals surface area contributed by atoms with E-state index in [1.807, 2.05) is 25.1 Å². The van der Waals surface area contributed by atoms with E-state index in [4.69, 9.17) is 14.2 Å². The van der Waals surface area contributed by atoms with Crippen molar-refractivity contribution in [3.63, 3.8) is 0 Å². The predicted molar refractivity (Wildman–Crippen MR) is 108 cm³/mol. The molecule has 7 heteroatoms. The summed E-state index contributed by atoms with van der Waals surface area (Å²) >= 11 is 0. The highest BCUT2D eigenvalue weighted by atomic mass is 16.5. The van der Waals surface area contributed by atoms with Crippen molar-refractivity contribution in [1.82, 2.24) is 5.32 Å². The van der Waals surface area contributed by atoms with E-state index in [9.17, 15) is 9.59 Å². The summed E-state index contributed by atoms with van der Waals surface area (Å²) in [5, 5.41) is 2.82. The van der Waals surface area contributed by atoms with E-state index >= 15 is 0 Å². The highest BCUT2D eigenvalue weighted by molar-refractivity contribution is 5.95. The van der Waals surface area contributed by atoms with E-state index in [1.54, 1.807) is 30.2 Å². The maximum Gasteiger partial charge on any atom is 0.251 e. The molecule has 0 fully saturated rings. The number of carbonyl (C=O) groups is 2. The van der Waals surface area contributed by atoms with Crippen LogP contribution in [0.1, 0.15) is 22.8 Å². The summed E-state index contributed by atoms with van der Waals surface area (Å²) in [6, 6.07) is 10.6. The van der Waals surface area contributed by atoms with Gasteiger partial charge < -0.3 is 24.4 Å². The van der Waals surface area contributed by atoms with Crippen molar-refractivity contribution in [3.8, 4) is 17.2 Å². The Bertz CT molecular complexity index is 851. The van der Waals surface area contributed by atoms with Crippen molar-refractivity contribution in [2.24, 2.45) is 0 Å². The maximum atomic E-state index is 12.4. The van der Waals surface area contributed by atoms with Gasteiger partial charge in [-0.3, -0.25) is 9.59 Å². The number of hydrogen-bond acceptors (Lipinski definition) is 5. The Morgan fingerprint density at radius 2 is 1.57 bits per heavy atom. The Kier molecular flexibility index (Phi) is 7.26. The van der Waals surface area contributed by atoms with Crippen LogP contribution in [0.5, 0.6) is 17.2 Å². The number of carbonyl (C=O) groups excluding carboxylic acids is 2. The Morgan fingerprint density at radius 3 is 2.18 bits per heavy atom. The van der Waals surface area contributed by atoms with Crippen LogP contribution in [-0.2, 0) is 4.79 Å². The number of aryl methyl sites for hydroxylation is 1. The van der Waals surface area contributed by atoms with Crippen molar-refractivity contribution in [2.75, 3.05) is 39.3 Å². The van der Waals surface area contributed by atoms with Crippen LogP contribution in [-0.4, -0.2) is 46.2 Å². The third-order valence-electron chi connectivity index (χ3n) is 4.27. The number of rotatable bonds is 8. The zero-order valence-corrected chi connectivity index (χ0v) is 16.9. The Morgan fingerprint density at radius 1 is 0.929 bits per heavy atom. The van der Waals surface area contributed by atoms with Gasteiger partial charge >= 0.3 is 0 Å². The molecule has 0 aliphatic rings. The maximum absolute atomic E-state index is 12.4. The third kappa shape index (κ3) is 4.94. The molecule has 0 heterocycles. The van der Waals surface area contributed by atoms with Gasteiger partial charge in [0.1, 0.15) is 5.75 Å². The number of methoxy groups -OCH3 is 3. The molecule has 1 N–H and O–H groups in total. The molecule has 0 atom stereocenters. The SMILES string of the molecule is COc1ccc(C(=O)NCCN(C(C)=O)c2cc(C)ccc2OC)cc1OC. The molecule has 0 saturated heterocycles. The third-order valence-corrected chi connectivity index (χ3v) is 4.27. The Labute approximate surface area is 165 Å². The van der Waals surface area contributed by atoms with Gasteiger partial charge in [-0.25, -0.2) is 0 Å². The van der Waals surface area contributed by atoms with E-state index in [2.05, 4.69) is 5.32 Å². The van der Waals surface area contributed by atoms with Gasteiger partial charge in [0.2, 0.25) is 5.91 Å². The average Bonchev–Trinajstić information content (AvgIpc) is 2.70. The predicted octanol–water partition coefficient (Wildman–Crippen LogP) is 2.80. The molecule has 0 unspecified atom stereocenters. The minimum absolute atomic E-state index is 0.135. The smallest absolute Gasteiger partial charge is 0.251 e. The lowest BCUT2D eigenvalue weighted by molar-refractivity contribution is -0.116. The summed E-state index contributed by atoms with van der Waals surface area (Å²) in [6.07, 6.45) is 0. The molecule has 0 aliphatic heterocycles. The zero-order valence-electron chi connectivity index (χ0n) is 16.9. The largest absolute Gasteiger partial charge is 0.495 e. The molecule has 2 aromatic rings. The van der Waals surface area contributed by atoms with Crippen molar-refractivity contribution in [1.29, 1.82) is 0 Å². The van der Waals surface area contributed by atoms with Crippen molar-refractivity contribution >= 4 is 17.5 Å². The molecule has 0 aromatic heterocycles. The van der Waals surface area contributed by atoms with E-state index < -0.39 is 0 Å².